The molecule has 3 atom stereocenters. The van der Waals surface area contributed by atoms with Gasteiger partial charge in [-0.2, -0.15) is 0 Å². The first-order valence-corrected chi connectivity index (χ1v) is 12.4. The van der Waals surface area contributed by atoms with Gasteiger partial charge in [0.15, 0.2) is 0 Å². The van der Waals surface area contributed by atoms with E-state index < -0.39 is 24.8 Å². The van der Waals surface area contributed by atoms with Crippen molar-refractivity contribution in [3.8, 4) is 0 Å². The van der Waals surface area contributed by atoms with Gasteiger partial charge in [-0.3, -0.25) is 9.46 Å². The molecule has 6 heteroatoms. The highest BCUT2D eigenvalue weighted by molar-refractivity contribution is 7.54. The molecular formula is C23H42NO4P. The summed E-state index contributed by atoms with van der Waals surface area (Å²) in [6.45, 7) is 18.5. The smallest absolute Gasteiger partial charge is 0.338 e. The monoisotopic (exact) mass is 427 g/mol. The summed E-state index contributed by atoms with van der Waals surface area (Å²) in [7, 11) is -3.63. The van der Waals surface area contributed by atoms with Crippen LogP contribution in [0.15, 0.2) is 30.3 Å². The summed E-state index contributed by atoms with van der Waals surface area (Å²) < 4.78 is 25.7. The highest BCUT2D eigenvalue weighted by Gasteiger charge is 2.52. The van der Waals surface area contributed by atoms with Gasteiger partial charge in [0, 0.05) is 12.1 Å². The average molecular weight is 428 g/mol. The molecule has 0 fully saturated rings. The predicted molar refractivity (Wildman–Crippen MR) is 121 cm³/mol. The maximum absolute atomic E-state index is 14.1. The van der Waals surface area contributed by atoms with E-state index in [4.69, 9.17) is 9.05 Å². The van der Waals surface area contributed by atoms with Gasteiger partial charge < -0.3 is 14.2 Å². The summed E-state index contributed by atoms with van der Waals surface area (Å²) in [4.78, 5) is 2.31. The van der Waals surface area contributed by atoms with Crippen LogP contribution in [0.5, 0.6) is 0 Å². The van der Waals surface area contributed by atoms with E-state index in [-0.39, 0.29) is 31.3 Å². The van der Waals surface area contributed by atoms with Gasteiger partial charge in [-0.05, 0) is 52.5 Å². The molecule has 29 heavy (non-hydrogen) atoms. The Bertz CT molecular complexity index is 624. The molecule has 0 aliphatic rings. The molecule has 0 aliphatic heterocycles. The molecule has 1 aromatic carbocycles. The van der Waals surface area contributed by atoms with Crippen molar-refractivity contribution in [3.05, 3.63) is 35.9 Å². The molecule has 0 spiro atoms. The van der Waals surface area contributed by atoms with Crippen molar-refractivity contribution >= 4 is 7.60 Å². The zero-order valence-corrected chi connectivity index (χ0v) is 20.6. The van der Waals surface area contributed by atoms with Gasteiger partial charge >= 0.3 is 7.60 Å². The molecule has 1 aromatic rings. The minimum Gasteiger partial charge on any atom is -0.392 e. The van der Waals surface area contributed by atoms with E-state index in [0.717, 1.165) is 5.56 Å². The van der Waals surface area contributed by atoms with Crippen molar-refractivity contribution in [1.82, 2.24) is 4.90 Å². The number of nitrogens with zero attached hydrogens (tertiary/aromatic N) is 1. The number of benzene rings is 1. The topological polar surface area (TPSA) is 59.0 Å². The van der Waals surface area contributed by atoms with Crippen molar-refractivity contribution < 1.29 is 18.7 Å². The van der Waals surface area contributed by atoms with Gasteiger partial charge in [0.1, 0.15) is 5.66 Å². The predicted octanol–water partition coefficient (Wildman–Crippen LogP) is 5.89. The second-order valence-electron chi connectivity index (χ2n) is 9.17. The zero-order chi connectivity index (χ0) is 22.4. The second-order valence-corrected chi connectivity index (χ2v) is 11.4. The Kier molecular flexibility index (Phi) is 10.0. The lowest BCUT2D eigenvalue weighted by Gasteiger charge is -2.47. The summed E-state index contributed by atoms with van der Waals surface area (Å²) in [5.41, 5.74) is -0.223. The van der Waals surface area contributed by atoms with Gasteiger partial charge in [0.25, 0.3) is 0 Å². The lowest BCUT2D eigenvalue weighted by atomic mass is 9.82. The van der Waals surface area contributed by atoms with Gasteiger partial charge in [-0.1, -0.05) is 51.1 Å². The maximum Gasteiger partial charge on any atom is 0.338 e. The van der Waals surface area contributed by atoms with Gasteiger partial charge in [0.05, 0.1) is 25.4 Å². The van der Waals surface area contributed by atoms with E-state index in [2.05, 4.69) is 32.6 Å². The van der Waals surface area contributed by atoms with Crippen LogP contribution < -0.4 is 0 Å². The Morgan fingerprint density at radius 1 is 0.966 bits per heavy atom. The highest BCUT2D eigenvalue weighted by atomic mass is 31.2. The second kappa shape index (κ2) is 11.1. The fourth-order valence-electron chi connectivity index (χ4n) is 4.03. The van der Waals surface area contributed by atoms with Crippen LogP contribution >= 0.6 is 7.60 Å². The fraction of sp³-hybridized carbons (Fsp3) is 0.739. The average Bonchev–Trinajstić information content (AvgIpc) is 2.60. The summed E-state index contributed by atoms with van der Waals surface area (Å²) in [5.74, 6) is 0. The number of rotatable bonds is 11. The van der Waals surface area contributed by atoms with E-state index in [1.807, 2.05) is 65.0 Å². The Morgan fingerprint density at radius 3 is 1.76 bits per heavy atom. The van der Waals surface area contributed by atoms with E-state index in [1.165, 1.54) is 0 Å². The van der Waals surface area contributed by atoms with Crippen LogP contribution in [0.4, 0.5) is 0 Å². The van der Waals surface area contributed by atoms with Crippen LogP contribution in [-0.2, 0) is 13.6 Å². The first kappa shape index (κ1) is 26.3. The van der Waals surface area contributed by atoms with Crippen LogP contribution in [0.3, 0.4) is 0 Å². The van der Waals surface area contributed by atoms with Crippen LogP contribution in [-0.4, -0.2) is 47.1 Å². The largest absolute Gasteiger partial charge is 0.392 e. The summed E-state index contributed by atoms with van der Waals surface area (Å²) in [6, 6.07) is 10.0. The summed E-state index contributed by atoms with van der Waals surface area (Å²) in [5, 5.41) is 11.5. The van der Waals surface area contributed by atoms with E-state index >= 15 is 0 Å². The fourth-order valence-corrected chi connectivity index (χ4v) is 6.64. The van der Waals surface area contributed by atoms with Crippen LogP contribution in [0.2, 0.25) is 0 Å². The zero-order valence-electron chi connectivity index (χ0n) is 19.8. The van der Waals surface area contributed by atoms with Crippen molar-refractivity contribution in [2.45, 2.75) is 92.2 Å². The molecule has 0 aliphatic carbocycles. The molecule has 1 rings (SSSR count). The van der Waals surface area contributed by atoms with Crippen molar-refractivity contribution in [3.63, 3.8) is 0 Å². The molecule has 0 bridgehead atoms. The normalized spacial score (nSPS) is 16.4. The Labute approximate surface area is 178 Å². The molecule has 0 saturated heterocycles. The van der Waals surface area contributed by atoms with Crippen molar-refractivity contribution in [1.29, 1.82) is 0 Å². The molecule has 0 saturated carbocycles. The quantitative estimate of drug-likeness (QED) is 0.446. The maximum atomic E-state index is 14.1. The number of aliphatic hydroxyl groups excluding tert-OH is 1. The standard InChI is InChI=1S/C23H42NO4P/c1-10-27-29(26,28-11-2)21(22(25)23(7,8)9)20(19-15-13-12-14-16-19)24(17(3)4)18(5)6/h12-18,20-22,25H,10-11H2,1-9H3. The summed E-state index contributed by atoms with van der Waals surface area (Å²) >= 11 is 0. The first-order chi connectivity index (χ1) is 13.4. The third-order valence-corrected chi connectivity index (χ3v) is 7.70. The van der Waals surface area contributed by atoms with Crippen molar-refractivity contribution in [2.75, 3.05) is 13.2 Å². The van der Waals surface area contributed by atoms with Gasteiger partial charge in [0.2, 0.25) is 0 Å². The minimum absolute atomic E-state index is 0.173. The third-order valence-electron chi connectivity index (χ3n) is 5.17. The number of hydrogen-bond donors (Lipinski definition) is 1. The highest BCUT2D eigenvalue weighted by Crippen LogP contribution is 2.61. The molecule has 5 nitrogen and oxygen atoms in total. The van der Waals surface area contributed by atoms with Crippen LogP contribution in [0.25, 0.3) is 0 Å². The Morgan fingerprint density at radius 2 is 1.41 bits per heavy atom. The van der Waals surface area contributed by atoms with Gasteiger partial charge in [-0.25, -0.2) is 0 Å². The minimum atomic E-state index is -3.63. The van der Waals surface area contributed by atoms with E-state index in [1.54, 1.807) is 0 Å². The number of hydrogen-bond acceptors (Lipinski definition) is 5. The van der Waals surface area contributed by atoms with Crippen LogP contribution in [0.1, 0.15) is 73.9 Å². The first-order valence-electron chi connectivity index (χ1n) is 10.8. The Hall–Kier alpha value is -0.710. The number of aliphatic hydroxyl groups is 1. The molecule has 0 aromatic heterocycles. The lowest BCUT2D eigenvalue weighted by Crippen LogP contribution is -2.51. The molecule has 1 N–H and O–H groups in total. The van der Waals surface area contributed by atoms with Gasteiger partial charge in [-0.15, -0.1) is 0 Å². The summed E-state index contributed by atoms with van der Waals surface area (Å²) in [6.07, 6.45) is -0.892. The van der Waals surface area contributed by atoms with E-state index in [9.17, 15) is 9.67 Å². The molecule has 3 unspecified atom stereocenters. The SMILES string of the molecule is CCOP(=O)(OCC)C(C(c1ccccc1)N(C(C)C)C(C)C)C(O)C(C)(C)C. The van der Waals surface area contributed by atoms with E-state index in [0.29, 0.717) is 0 Å². The van der Waals surface area contributed by atoms with Crippen LogP contribution in [0, 0.1) is 5.41 Å². The molecule has 0 radical (unpaired) electrons. The van der Waals surface area contributed by atoms with Crippen molar-refractivity contribution in [2.24, 2.45) is 5.41 Å². The molecule has 0 amide bonds. The Balaban J connectivity index is 3.81. The lowest BCUT2D eigenvalue weighted by molar-refractivity contribution is 0.00248. The molecular weight excluding hydrogens is 385 g/mol. The molecule has 168 valence electrons. The third kappa shape index (κ3) is 6.63. The molecule has 0 heterocycles.